The molecule has 0 saturated heterocycles. The molecule has 0 atom stereocenters. The largest absolute Gasteiger partial charge is 0.326 e. The average molecular weight is 310 g/mol. The van der Waals surface area contributed by atoms with Gasteiger partial charge in [-0.2, -0.15) is 4.98 Å². The zero-order chi connectivity index (χ0) is 16.2. The van der Waals surface area contributed by atoms with Crippen LogP contribution in [0, 0.1) is 6.92 Å². The molecule has 3 rings (SSSR count). The van der Waals surface area contributed by atoms with Crippen molar-refractivity contribution in [2.45, 2.75) is 6.92 Å². The van der Waals surface area contributed by atoms with Gasteiger partial charge in [-0.25, -0.2) is 9.78 Å². The predicted molar refractivity (Wildman–Crippen MR) is 86.6 cm³/mol. The fraction of sp³-hybridized carbons (Fsp3) is 0.0667. The molecular formula is C15H14N6O2. The van der Waals surface area contributed by atoms with E-state index in [9.17, 15) is 4.79 Å². The molecule has 0 aliphatic rings. The van der Waals surface area contributed by atoms with Gasteiger partial charge >= 0.3 is 6.03 Å². The van der Waals surface area contributed by atoms with Crippen LogP contribution in [-0.4, -0.2) is 26.2 Å². The minimum absolute atomic E-state index is 0.0871. The number of urea groups is 1. The first-order valence-electron chi connectivity index (χ1n) is 6.81. The van der Waals surface area contributed by atoms with Gasteiger partial charge in [0.2, 0.25) is 5.95 Å². The van der Waals surface area contributed by atoms with Crippen LogP contribution in [0.4, 0.5) is 22.2 Å². The zero-order valence-corrected chi connectivity index (χ0v) is 12.2. The van der Waals surface area contributed by atoms with E-state index in [0.717, 1.165) is 10.8 Å². The highest BCUT2D eigenvalue weighted by Gasteiger charge is 2.07. The van der Waals surface area contributed by atoms with E-state index < -0.39 is 6.03 Å². The Morgan fingerprint density at radius 1 is 1.09 bits per heavy atom. The second-order valence-electron chi connectivity index (χ2n) is 4.85. The normalized spacial score (nSPS) is 10.3. The number of nitrogens with one attached hydrogen (secondary N) is 3. The van der Waals surface area contributed by atoms with Crippen molar-refractivity contribution in [2.24, 2.45) is 0 Å². The van der Waals surface area contributed by atoms with Gasteiger partial charge in [0, 0.05) is 35.2 Å². The third-order valence-corrected chi connectivity index (χ3v) is 3.09. The molecule has 2 amide bonds. The number of benzene rings is 1. The van der Waals surface area contributed by atoms with Crippen molar-refractivity contribution in [1.82, 2.24) is 15.0 Å². The lowest BCUT2D eigenvalue weighted by molar-refractivity contribution is 0.262. The molecule has 0 bridgehead atoms. The number of nitrogens with zero attached hydrogens (tertiary/aromatic N) is 3. The van der Waals surface area contributed by atoms with Crippen LogP contribution in [0.5, 0.6) is 0 Å². The second-order valence-corrected chi connectivity index (χ2v) is 4.85. The Balaban J connectivity index is 1.74. The maximum Gasteiger partial charge on any atom is 0.326 e. The second kappa shape index (κ2) is 6.24. The molecule has 0 spiro atoms. The topological polar surface area (TPSA) is 112 Å². The van der Waals surface area contributed by atoms with Crippen molar-refractivity contribution in [3.05, 3.63) is 48.4 Å². The Labute approximate surface area is 131 Å². The Hall–Kier alpha value is -3.26. The molecule has 2 heterocycles. The SMILES string of the molecule is Cc1cc(NO)nc(NC(=O)Nc2ccc3cnccc3c2)n1. The number of pyridine rings is 1. The van der Waals surface area contributed by atoms with Gasteiger partial charge in [0.05, 0.1) is 0 Å². The van der Waals surface area contributed by atoms with Crippen molar-refractivity contribution in [1.29, 1.82) is 0 Å². The molecule has 0 unspecified atom stereocenters. The number of rotatable bonds is 3. The van der Waals surface area contributed by atoms with Gasteiger partial charge in [-0.1, -0.05) is 6.07 Å². The van der Waals surface area contributed by atoms with Gasteiger partial charge in [-0.3, -0.25) is 21.0 Å². The van der Waals surface area contributed by atoms with E-state index >= 15 is 0 Å². The van der Waals surface area contributed by atoms with E-state index in [1.54, 1.807) is 31.5 Å². The van der Waals surface area contributed by atoms with Crippen LogP contribution >= 0.6 is 0 Å². The highest BCUT2D eigenvalue weighted by Crippen LogP contribution is 2.18. The third kappa shape index (κ3) is 3.50. The number of aryl methyl sites for hydroxylation is 1. The fourth-order valence-electron chi connectivity index (χ4n) is 2.11. The first-order chi connectivity index (χ1) is 11.1. The van der Waals surface area contributed by atoms with Crippen molar-refractivity contribution >= 4 is 34.3 Å². The molecule has 23 heavy (non-hydrogen) atoms. The summed E-state index contributed by atoms with van der Waals surface area (Å²) in [6.45, 7) is 1.73. The van der Waals surface area contributed by atoms with Crippen LogP contribution in [0.2, 0.25) is 0 Å². The maximum atomic E-state index is 12.0. The van der Waals surface area contributed by atoms with Crippen LogP contribution in [0.15, 0.2) is 42.7 Å². The minimum atomic E-state index is -0.479. The molecule has 0 aliphatic heterocycles. The summed E-state index contributed by atoms with van der Waals surface area (Å²) in [6, 6.07) is 8.42. The standard InChI is InChI=1S/C15H14N6O2/c1-9-6-13(21-23)19-14(17-9)20-15(22)18-12-3-2-11-8-16-5-4-10(11)7-12/h2-8,23H,1H3,(H3,17,18,19,20,21,22). The quantitative estimate of drug-likeness (QED) is 0.553. The molecule has 116 valence electrons. The summed E-state index contributed by atoms with van der Waals surface area (Å²) in [5.74, 6) is 0.287. The summed E-state index contributed by atoms with van der Waals surface area (Å²) in [7, 11) is 0. The zero-order valence-electron chi connectivity index (χ0n) is 12.2. The van der Waals surface area contributed by atoms with Crippen LogP contribution < -0.4 is 16.1 Å². The lowest BCUT2D eigenvalue weighted by atomic mass is 10.1. The van der Waals surface area contributed by atoms with Gasteiger partial charge in [0.1, 0.15) is 0 Å². The van der Waals surface area contributed by atoms with E-state index in [1.807, 2.05) is 23.7 Å². The Kier molecular flexibility index (Phi) is 3.98. The summed E-state index contributed by atoms with van der Waals surface area (Å²) >= 11 is 0. The number of amides is 2. The predicted octanol–water partition coefficient (Wildman–Crippen LogP) is 2.78. The van der Waals surface area contributed by atoms with Gasteiger partial charge in [-0.05, 0) is 30.5 Å². The van der Waals surface area contributed by atoms with E-state index in [2.05, 4.69) is 25.6 Å². The number of carbonyl (C=O) groups is 1. The number of hydrogen-bond acceptors (Lipinski definition) is 6. The van der Waals surface area contributed by atoms with Crippen molar-refractivity contribution in [2.75, 3.05) is 16.1 Å². The first kappa shape index (κ1) is 14.7. The molecule has 8 nitrogen and oxygen atoms in total. The molecule has 2 aromatic heterocycles. The highest BCUT2D eigenvalue weighted by molar-refractivity contribution is 6.00. The van der Waals surface area contributed by atoms with E-state index in [0.29, 0.717) is 11.4 Å². The Morgan fingerprint density at radius 3 is 2.78 bits per heavy atom. The molecule has 0 fully saturated rings. The monoisotopic (exact) mass is 310 g/mol. The Bertz CT molecular complexity index is 867. The smallest absolute Gasteiger partial charge is 0.308 e. The maximum absolute atomic E-state index is 12.0. The van der Waals surface area contributed by atoms with Gasteiger partial charge in [0.15, 0.2) is 5.82 Å². The van der Waals surface area contributed by atoms with E-state index in [1.165, 1.54) is 0 Å². The van der Waals surface area contributed by atoms with Crippen LogP contribution in [-0.2, 0) is 0 Å². The molecule has 3 aromatic rings. The first-order valence-corrected chi connectivity index (χ1v) is 6.81. The molecule has 8 heteroatoms. The van der Waals surface area contributed by atoms with Crippen LogP contribution in [0.3, 0.4) is 0 Å². The summed E-state index contributed by atoms with van der Waals surface area (Å²) < 4.78 is 0. The molecule has 0 saturated carbocycles. The molecule has 1 aromatic carbocycles. The molecule has 0 radical (unpaired) electrons. The van der Waals surface area contributed by atoms with Crippen molar-refractivity contribution in [3.63, 3.8) is 0 Å². The summed E-state index contributed by atoms with van der Waals surface area (Å²) in [5, 5.41) is 16.1. The number of anilines is 3. The number of fused-ring (bicyclic) bond motifs is 1. The van der Waals surface area contributed by atoms with Crippen LogP contribution in [0.1, 0.15) is 5.69 Å². The van der Waals surface area contributed by atoms with Gasteiger partial charge in [-0.15, -0.1) is 0 Å². The molecule has 0 aliphatic carbocycles. The number of aromatic nitrogens is 3. The average Bonchev–Trinajstić information content (AvgIpc) is 2.54. The summed E-state index contributed by atoms with van der Waals surface area (Å²) in [4.78, 5) is 24.1. The number of carbonyl (C=O) groups excluding carboxylic acids is 1. The highest BCUT2D eigenvalue weighted by atomic mass is 16.5. The number of hydrogen-bond donors (Lipinski definition) is 4. The molecule has 4 N–H and O–H groups in total. The lowest BCUT2D eigenvalue weighted by Crippen LogP contribution is -2.21. The van der Waals surface area contributed by atoms with E-state index in [4.69, 9.17) is 5.21 Å². The van der Waals surface area contributed by atoms with Crippen molar-refractivity contribution < 1.29 is 10.0 Å². The van der Waals surface area contributed by atoms with Crippen molar-refractivity contribution in [3.8, 4) is 0 Å². The fourth-order valence-corrected chi connectivity index (χ4v) is 2.11. The van der Waals surface area contributed by atoms with Gasteiger partial charge < -0.3 is 5.32 Å². The lowest BCUT2D eigenvalue weighted by Gasteiger charge is -2.09. The molecular weight excluding hydrogens is 296 g/mol. The van der Waals surface area contributed by atoms with Crippen LogP contribution in [0.25, 0.3) is 10.8 Å². The Morgan fingerprint density at radius 2 is 1.96 bits per heavy atom. The van der Waals surface area contributed by atoms with E-state index in [-0.39, 0.29) is 11.8 Å². The summed E-state index contributed by atoms with van der Waals surface area (Å²) in [5.41, 5.74) is 3.16. The summed E-state index contributed by atoms with van der Waals surface area (Å²) in [6.07, 6.45) is 3.44. The third-order valence-electron chi connectivity index (χ3n) is 3.09. The minimum Gasteiger partial charge on any atom is -0.308 e. The van der Waals surface area contributed by atoms with Gasteiger partial charge in [0.25, 0.3) is 0 Å².